The van der Waals surface area contributed by atoms with Gasteiger partial charge in [-0.15, -0.1) is 0 Å². The first-order valence-corrected chi connectivity index (χ1v) is 5.25. The molecule has 1 aliphatic rings. The molecular weight excluding hydrogens is 240 g/mol. The number of piperazine rings is 1. The third kappa shape index (κ3) is 2.70. The van der Waals surface area contributed by atoms with E-state index in [0.29, 0.717) is 6.54 Å². The normalized spacial score (nSPS) is 22.0. The summed E-state index contributed by atoms with van der Waals surface area (Å²) in [6, 6.07) is 0. The highest BCUT2D eigenvalue weighted by atomic mass is 19.3. The molecular formula is C10H16F4N2O. The lowest BCUT2D eigenvalue weighted by Gasteiger charge is -2.45. The van der Waals surface area contributed by atoms with E-state index in [-0.39, 0.29) is 13.1 Å². The molecule has 0 aromatic heterocycles. The van der Waals surface area contributed by atoms with Crippen molar-refractivity contribution >= 4 is 5.91 Å². The van der Waals surface area contributed by atoms with Crippen LogP contribution < -0.4 is 0 Å². The Bertz CT molecular complexity index is 307. The van der Waals surface area contributed by atoms with Crippen LogP contribution in [0.5, 0.6) is 0 Å². The molecule has 0 aromatic rings. The zero-order valence-electron chi connectivity index (χ0n) is 10.0. The van der Waals surface area contributed by atoms with Crippen LogP contribution >= 0.6 is 0 Å². The number of likely N-dealkylation sites (N-methyl/N-ethyl adjacent to an activating group) is 1. The van der Waals surface area contributed by atoms with Crippen LogP contribution in [0.25, 0.3) is 0 Å². The molecule has 1 heterocycles. The van der Waals surface area contributed by atoms with E-state index in [0.717, 1.165) is 4.90 Å². The third-order valence-corrected chi connectivity index (χ3v) is 3.16. The van der Waals surface area contributed by atoms with Crippen LogP contribution in [0.4, 0.5) is 17.6 Å². The lowest BCUT2D eigenvalue weighted by molar-refractivity contribution is -0.184. The fourth-order valence-electron chi connectivity index (χ4n) is 1.72. The number of amides is 1. The number of rotatable bonds is 2. The van der Waals surface area contributed by atoms with Gasteiger partial charge in [-0.25, -0.2) is 8.78 Å². The highest BCUT2D eigenvalue weighted by Crippen LogP contribution is 2.28. The number of nitrogens with zero attached hydrogens (tertiary/aromatic N) is 2. The predicted molar refractivity (Wildman–Crippen MR) is 54.2 cm³/mol. The van der Waals surface area contributed by atoms with Crippen LogP contribution in [0.1, 0.15) is 13.8 Å². The van der Waals surface area contributed by atoms with Gasteiger partial charge in [0.15, 0.2) is 0 Å². The SMILES string of the molecule is CN1CCN(C(=O)C(F)(F)C(F)F)CC1(C)C. The Labute approximate surface area is 97.4 Å². The second-order valence-corrected chi connectivity index (χ2v) is 4.88. The predicted octanol–water partition coefficient (Wildman–Crippen LogP) is 1.44. The molecule has 0 N–H and O–H groups in total. The Balaban J connectivity index is 2.79. The molecule has 0 spiro atoms. The van der Waals surface area contributed by atoms with Crippen LogP contribution in [-0.4, -0.2) is 60.3 Å². The van der Waals surface area contributed by atoms with Gasteiger partial charge in [0.05, 0.1) is 0 Å². The van der Waals surface area contributed by atoms with Gasteiger partial charge in [0.2, 0.25) is 0 Å². The summed E-state index contributed by atoms with van der Waals surface area (Å²) >= 11 is 0. The van der Waals surface area contributed by atoms with Gasteiger partial charge in [0.1, 0.15) is 0 Å². The quantitative estimate of drug-likeness (QED) is 0.698. The molecule has 0 radical (unpaired) electrons. The zero-order valence-corrected chi connectivity index (χ0v) is 10.0. The second-order valence-electron chi connectivity index (χ2n) is 4.88. The fraction of sp³-hybridized carbons (Fsp3) is 0.900. The van der Waals surface area contributed by atoms with E-state index in [1.807, 2.05) is 4.90 Å². The summed E-state index contributed by atoms with van der Waals surface area (Å²) in [6.07, 6.45) is -3.96. The smallest absolute Gasteiger partial charge is 0.334 e. The zero-order chi connectivity index (χ0) is 13.4. The van der Waals surface area contributed by atoms with Gasteiger partial charge in [-0.3, -0.25) is 9.69 Å². The molecule has 1 amide bonds. The van der Waals surface area contributed by atoms with E-state index in [1.165, 1.54) is 0 Å². The molecule has 0 aromatic carbocycles. The Kier molecular flexibility index (Phi) is 3.71. The molecule has 0 atom stereocenters. The molecule has 1 aliphatic heterocycles. The van der Waals surface area contributed by atoms with Crippen LogP contribution in [0, 0.1) is 0 Å². The summed E-state index contributed by atoms with van der Waals surface area (Å²) in [6.45, 7) is 3.99. The molecule has 100 valence electrons. The lowest BCUT2D eigenvalue weighted by Crippen LogP contribution is -2.62. The van der Waals surface area contributed by atoms with Crippen molar-refractivity contribution in [3.05, 3.63) is 0 Å². The van der Waals surface area contributed by atoms with E-state index >= 15 is 0 Å². The summed E-state index contributed by atoms with van der Waals surface area (Å²) in [4.78, 5) is 14.0. The maximum absolute atomic E-state index is 12.9. The van der Waals surface area contributed by atoms with Crippen molar-refractivity contribution in [3.63, 3.8) is 0 Å². The van der Waals surface area contributed by atoms with Gasteiger partial charge in [-0.1, -0.05) is 0 Å². The molecule has 1 fully saturated rings. The summed E-state index contributed by atoms with van der Waals surface area (Å²) < 4.78 is 50.0. The Morgan fingerprint density at radius 3 is 2.24 bits per heavy atom. The number of hydrogen-bond donors (Lipinski definition) is 0. The third-order valence-electron chi connectivity index (χ3n) is 3.16. The van der Waals surface area contributed by atoms with E-state index in [2.05, 4.69) is 0 Å². The molecule has 0 unspecified atom stereocenters. The number of hydrogen-bond acceptors (Lipinski definition) is 2. The molecule has 0 saturated carbocycles. The molecule has 7 heteroatoms. The van der Waals surface area contributed by atoms with Crippen molar-refractivity contribution < 1.29 is 22.4 Å². The number of halogens is 4. The maximum atomic E-state index is 12.9. The Morgan fingerprint density at radius 2 is 1.82 bits per heavy atom. The van der Waals surface area contributed by atoms with Crippen molar-refractivity contribution in [2.75, 3.05) is 26.7 Å². The molecule has 3 nitrogen and oxygen atoms in total. The fourth-order valence-corrected chi connectivity index (χ4v) is 1.72. The number of alkyl halides is 4. The van der Waals surface area contributed by atoms with E-state index in [9.17, 15) is 22.4 Å². The van der Waals surface area contributed by atoms with Crippen LogP contribution in [0.3, 0.4) is 0 Å². The van der Waals surface area contributed by atoms with Crippen LogP contribution in [0.2, 0.25) is 0 Å². The largest absolute Gasteiger partial charge is 0.383 e. The number of carbonyl (C=O) groups is 1. The van der Waals surface area contributed by atoms with Crippen molar-refractivity contribution in [1.29, 1.82) is 0 Å². The minimum absolute atomic E-state index is 0.0185. The Morgan fingerprint density at radius 1 is 1.29 bits per heavy atom. The van der Waals surface area contributed by atoms with E-state index in [4.69, 9.17) is 0 Å². The summed E-state index contributed by atoms with van der Waals surface area (Å²) in [5.41, 5.74) is -0.494. The number of carbonyl (C=O) groups excluding carboxylic acids is 1. The monoisotopic (exact) mass is 256 g/mol. The van der Waals surface area contributed by atoms with Crippen molar-refractivity contribution in [2.24, 2.45) is 0 Å². The molecule has 0 aliphatic carbocycles. The molecule has 17 heavy (non-hydrogen) atoms. The Hall–Kier alpha value is -0.850. The summed E-state index contributed by atoms with van der Waals surface area (Å²) in [5.74, 6) is -6.37. The van der Waals surface area contributed by atoms with Gasteiger partial charge in [-0.2, -0.15) is 8.78 Å². The highest BCUT2D eigenvalue weighted by molar-refractivity contribution is 5.84. The minimum Gasteiger partial charge on any atom is -0.334 e. The maximum Gasteiger partial charge on any atom is 0.383 e. The van der Waals surface area contributed by atoms with Gasteiger partial charge in [0, 0.05) is 25.2 Å². The standard InChI is InChI=1S/C10H16F4N2O/c1-9(2)6-16(5-4-15(9)3)8(17)10(13,14)7(11)12/h7H,4-6H2,1-3H3. The lowest BCUT2D eigenvalue weighted by atomic mass is 9.99. The van der Waals surface area contributed by atoms with Gasteiger partial charge in [-0.05, 0) is 20.9 Å². The van der Waals surface area contributed by atoms with Crippen LogP contribution in [0.15, 0.2) is 0 Å². The van der Waals surface area contributed by atoms with Gasteiger partial charge in [0.25, 0.3) is 5.91 Å². The first-order chi connectivity index (χ1) is 7.59. The van der Waals surface area contributed by atoms with E-state index < -0.39 is 23.8 Å². The first kappa shape index (κ1) is 14.2. The van der Waals surface area contributed by atoms with E-state index in [1.54, 1.807) is 20.9 Å². The average Bonchev–Trinajstić information content (AvgIpc) is 2.20. The summed E-state index contributed by atoms with van der Waals surface area (Å²) in [5, 5.41) is 0. The topological polar surface area (TPSA) is 23.6 Å². The molecule has 0 bridgehead atoms. The molecule has 1 saturated heterocycles. The first-order valence-electron chi connectivity index (χ1n) is 5.25. The van der Waals surface area contributed by atoms with Crippen molar-refractivity contribution in [3.8, 4) is 0 Å². The summed E-state index contributed by atoms with van der Waals surface area (Å²) in [7, 11) is 1.80. The van der Waals surface area contributed by atoms with Crippen molar-refractivity contribution in [2.45, 2.75) is 31.7 Å². The van der Waals surface area contributed by atoms with Crippen LogP contribution in [-0.2, 0) is 4.79 Å². The second kappa shape index (κ2) is 4.44. The minimum atomic E-state index is -4.59. The average molecular weight is 256 g/mol. The molecule has 1 rings (SSSR count). The van der Waals surface area contributed by atoms with Crippen molar-refractivity contribution in [1.82, 2.24) is 9.80 Å². The highest BCUT2D eigenvalue weighted by Gasteiger charge is 2.52. The van der Waals surface area contributed by atoms with Gasteiger partial charge < -0.3 is 4.90 Å². The van der Waals surface area contributed by atoms with Gasteiger partial charge >= 0.3 is 12.3 Å².